The molecule has 0 aromatic carbocycles. The van der Waals surface area contributed by atoms with Crippen molar-refractivity contribution in [2.24, 2.45) is 5.73 Å². The van der Waals surface area contributed by atoms with E-state index in [9.17, 15) is 28.8 Å². The van der Waals surface area contributed by atoms with Crippen LogP contribution in [0.2, 0.25) is 0 Å². The minimum atomic E-state index is -0.505. The van der Waals surface area contributed by atoms with Crippen LogP contribution in [0.3, 0.4) is 0 Å². The lowest BCUT2D eigenvalue weighted by atomic mass is 10.2. The van der Waals surface area contributed by atoms with Gasteiger partial charge in [0.2, 0.25) is 16.2 Å². The van der Waals surface area contributed by atoms with Crippen molar-refractivity contribution in [1.29, 1.82) is 0 Å². The monoisotopic (exact) mass is 537 g/mol. The van der Waals surface area contributed by atoms with Crippen LogP contribution in [0.1, 0.15) is 20.8 Å². The number of ketones is 3. The molecular weight excluding hydrogens is 507 g/mol. The number of amides is 2. The minimum absolute atomic E-state index is 0.0780. The third-order valence-corrected chi connectivity index (χ3v) is 5.28. The first-order chi connectivity index (χ1) is 13.7. The molecule has 0 spiro atoms. The summed E-state index contributed by atoms with van der Waals surface area (Å²) in [4.78, 5) is 62.8. The van der Waals surface area contributed by atoms with Gasteiger partial charge in [0.25, 0.3) is 0 Å². The lowest BCUT2D eigenvalue weighted by Gasteiger charge is -2.10. The van der Waals surface area contributed by atoms with Gasteiger partial charge in [0, 0.05) is 17.3 Å². The molecule has 2 amide bonds. The fourth-order valence-electron chi connectivity index (χ4n) is 1.18. The molecule has 0 aromatic rings. The molecule has 30 heavy (non-hydrogen) atoms. The van der Waals surface area contributed by atoms with Crippen LogP contribution in [-0.4, -0.2) is 68.9 Å². The summed E-state index contributed by atoms with van der Waals surface area (Å²) in [5.74, 6) is 0.818. The van der Waals surface area contributed by atoms with E-state index < -0.39 is 18.1 Å². The molecule has 0 fully saturated rings. The smallest absolute Gasteiger partial charge is 0.235 e. The zero-order chi connectivity index (χ0) is 24.4. The van der Waals surface area contributed by atoms with Gasteiger partial charge in [-0.05, 0) is 39.3 Å². The van der Waals surface area contributed by atoms with Crippen LogP contribution in [-0.2, 0) is 14.4 Å². The maximum atomic E-state index is 10.6. The van der Waals surface area contributed by atoms with Crippen molar-refractivity contribution < 1.29 is 28.8 Å². The van der Waals surface area contributed by atoms with Crippen LogP contribution in [0, 0.1) is 0 Å². The molecule has 0 aliphatic carbocycles. The maximum Gasteiger partial charge on any atom is 0.235 e. The van der Waals surface area contributed by atoms with Gasteiger partial charge in [-0.25, -0.2) is 0 Å². The molecule has 0 rings (SSSR count). The van der Waals surface area contributed by atoms with Crippen molar-refractivity contribution in [3.05, 3.63) is 0 Å². The third kappa shape index (κ3) is 24.2. The van der Waals surface area contributed by atoms with E-state index in [2.05, 4.69) is 35.9 Å². The standard InChI is InChI=1S/3C5H10NO2PS/c1-3(7)4(6)2-10-5(8)9;2*1-3(7)4(2-10)6-5(8)9/h4H,2,6,9H2,1H3;2*4,10H,2,9H2,1H3,(H,6,8). The van der Waals surface area contributed by atoms with Gasteiger partial charge in [-0.3, -0.25) is 28.8 Å². The highest BCUT2D eigenvalue weighted by atomic mass is 32.2. The van der Waals surface area contributed by atoms with E-state index in [4.69, 9.17) is 5.73 Å². The Balaban J connectivity index is -0.000000364. The van der Waals surface area contributed by atoms with Gasteiger partial charge >= 0.3 is 0 Å². The zero-order valence-electron chi connectivity index (χ0n) is 16.9. The molecule has 4 N–H and O–H groups in total. The average molecular weight is 538 g/mol. The molecule has 15 heteroatoms. The number of carbonyl (C=O) groups is 6. The lowest BCUT2D eigenvalue weighted by molar-refractivity contribution is -0.118. The summed E-state index contributed by atoms with van der Waals surface area (Å²) in [7, 11) is 5.89. The first kappa shape index (κ1) is 34.5. The van der Waals surface area contributed by atoms with Crippen molar-refractivity contribution in [2.75, 3.05) is 17.3 Å². The molecular formula is C15H30N3O6P3S3. The molecule has 0 heterocycles. The van der Waals surface area contributed by atoms with Gasteiger partial charge in [-0.2, -0.15) is 25.3 Å². The second kappa shape index (κ2) is 20.8. The van der Waals surface area contributed by atoms with E-state index in [1.807, 2.05) is 27.7 Å². The molecule has 0 aliphatic rings. The number of thiol groups is 2. The molecule has 0 saturated heterocycles. The van der Waals surface area contributed by atoms with Crippen molar-refractivity contribution in [2.45, 2.75) is 38.9 Å². The zero-order valence-corrected chi connectivity index (χ0v) is 23.0. The second-order valence-electron chi connectivity index (χ2n) is 5.56. The second-order valence-corrected chi connectivity index (χ2v) is 9.30. The minimum Gasteiger partial charge on any atom is -0.342 e. The van der Waals surface area contributed by atoms with Crippen LogP contribution in [0.15, 0.2) is 0 Å². The first-order valence-corrected chi connectivity index (χ1v) is 12.2. The summed E-state index contributed by atoms with van der Waals surface area (Å²) in [6.45, 7) is 4.25. The number of hydrogen-bond donors (Lipinski definition) is 5. The molecule has 0 bridgehead atoms. The van der Waals surface area contributed by atoms with Gasteiger partial charge in [0.05, 0.1) is 18.1 Å². The normalized spacial score (nSPS) is 12.4. The van der Waals surface area contributed by atoms with Crippen molar-refractivity contribution in [3.8, 4) is 0 Å². The Labute approximate surface area is 199 Å². The highest BCUT2D eigenvalue weighted by Gasteiger charge is 2.12. The van der Waals surface area contributed by atoms with Gasteiger partial charge in [0.1, 0.15) is 5.78 Å². The molecule has 0 saturated carbocycles. The quantitative estimate of drug-likeness (QED) is 0.219. The molecule has 0 aromatic heterocycles. The van der Waals surface area contributed by atoms with Gasteiger partial charge in [-0.15, -0.1) is 0 Å². The molecule has 6 unspecified atom stereocenters. The Morgan fingerprint density at radius 2 is 1.13 bits per heavy atom. The summed E-state index contributed by atoms with van der Waals surface area (Å²) in [5.41, 5.74) is 4.77. The molecule has 0 aliphatic heterocycles. The number of thioether (sulfide) groups is 1. The number of nitrogens with two attached hydrogens (primary N) is 1. The van der Waals surface area contributed by atoms with Crippen LogP contribution in [0.4, 0.5) is 14.4 Å². The van der Waals surface area contributed by atoms with Gasteiger partial charge < -0.3 is 16.4 Å². The fraction of sp³-hybridized carbons (Fsp3) is 0.600. The Kier molecular flexibility index (Phi) is 23.9. The van der Waals surface area contributed by atoms with E-state index >= 15 is 0 Å². The SMILES string of the molecule is CC(=O)C(CS)NC(=O)P.CC(=O)C(CS)NC(=O)P.CC(=O)C(N)CSC(=O)P. The van der Waals surface area contributed by atoms with Gasteiger partial charge in [0.15, 0.2) is 11.6 Å². The van der Waals surface area contributed by atoms with Gasteiger partial charge in [-0.1, -0.05) is 21.0 Å². The predicted octanol–water partition coefficient (Wildman–Crippen LogP) is 1.55. The summed E-state index contributed by atoms with van der Waals surface area (Å²) < 4.78 is 0. The van der Waals surface area contributed by atoms with E-state index in [-0.39, 0.29) is 33.5 Å². The molecule has 0 radical (unpaired) electrons. The number of hydrogen-bond acceptors (Lipinski definition) is 10. The lowest BCUT2D eigenvalue weighted by Crippen LogP contribution is -2.38. The van der Waals surface area contributed by atoms with Crippen LogP contribution in [0.25, 0.3) is 0 Å². The number of nitrogens with one attached hydrogen (secondary N) is 2. The average Bonchev–Trinajstić information content (AvgIpc) is 2.62. The Morgan fingerprint density at radius 1 is 0.800 bits per heavy atom. The van der Waals surface area contributed by atoms with Crippen LogP contribution >= 0.6 is 64.7 Å². The number of Topliss-reactive ketones (excluding diaryl/α,β-unsaturated/α-hetero) is 3. The molecule has 6 atom stereocenters. The Morgan fingerprint density at radius 3 is 1.27 bits per heavy atom. The molecule has 9 nitrogen and oxygen atoms in total. The van der Waals surface area contributed by atoms with Crippen molar-refractivity contribution >= 4 is 98.2 Å². The highest BCUT2D eigenvalue weighted by molar-refractivity contribution is 8.21. The topological polar surface area (TPSA) is 152 Å². The predicted molar refractivity (Wildman–Crippen MR) is 139 cm³/mol. The summed E-state index contributed by atoms with van der Waals surface area (Å²) in [6, 6.07) is -1.41. The highest BCUT2D eigenvalue weighted by Crippen LogP contribution is 2.10. The number of carbonyl (C=O) groups excluding carboxylic acids is 6. The maximum absolute atomic E-state index is 10.6. The van der Waals surface area contributed by atoms with E-state index in [1.54, 1.807) is 0 Å². The Bertz CT molecular complexity index is 579. The summed E-state index contributed by atoms with van der Waals surface area (Å²) in [6.07, 6.45) is 0. The van der Waals surface area contributed by atoms with E-state index in [0.717, 1.165) is 11.8 Å². The van der Waals surface area contributed by atoms with Crippen molar-refractivity contribution in [3.63, 3.8) is 0 Å². The van der Waals surface area contributed by atoms with Crippen LogP contribution < -0.4 is 16.4 Å². The summed E-state index contributed by atoms with van der Waals surface area (Å²) >= 11 is 8.82. The number of rotatable bonds is 9. The van der Waals surface area contributed by atoms with Crippen LogP contribution in [0.5, 0.6) is 0 Å². The Hall–Kier alpha value is -0.0800. The van der Waals surface area contributed by atoms with E-state index in [1.165, 1.54) is 20.8 Å². The molecule has 174 valence electrons. The fourth-order valence-corrected chi connectivity index (χ4v) is 3.15. The van der Waals surface area contributed by atoms with E-state index in [0.29, 0.717) is 17.3 Å². The largest absolute Gasteiger partial charge is 0.342 e. The first-order valence-electron chi connectivity index (χ1n) is 8.22. The third-order valence-electron chi connectivity index (χ3n) is 2.91. The summed E-state index contributed by atoms with van der Waals surface area (Å²) in [5, 5.41) is 4.85. The van der Waals surface area contributed by atoms with Crippen molar-refractivity contribution in [1.82, 2.24) is 10.6 Å².